The summed E-state index contributed by atoms with van der Waals surface area (Å²) in [6.45, 7) is 3.70. The topological polar surface area (TPSA) is 155 Å². The number of methoxy groups -OCH3 is 1. The number of sulfone groups is 1. The highest BCUT2D eigenvalue weighted by molar-refractivity contribution is 7.91. The van der Waals surface area contributed by atoms with Crippen LogP contribution < -0.4 is 10.9 Å². The molecular formula is C28H32N8O4S. The first-order valence-electron chi connectivity index (χ1n) is 13.9. The average molecular weight is 577 g/mol. The van der Waals surface area contributed by atoms with Gasteiger partial charge in [0.1, 0.15) is 11.8 Å². The van der Waals surface area contributed by atoms with Crippen LogP contribution in [-0.4, -0.2) is 61.9 Å². The molecule has 214 valence electrons. The van der Waals surface area contributed by atoms with E-state index in [2.05, 4.69) is 30.2 Å². The van der Waals surface area contributed by atoms with Gasteiger partial charge in [0.25, 0.3) is 5.56 Å². The third-order valence-corrected chi connectivity index (χ3v) is 9.63. The third-order valence-electron chi connectivity index (χ3n) is 7.91. The van der Waals surface area contributed by atoms with Crippen molar-refractivity contribution in [3.63, 3.8) is 0 Å². The first-order valence-corrected chi connectivity index (χ1v) is 15.5. The van der Waals surface area contributed by atoms with Gasteiger partial charge in [-0.15, -0.1) is 0 Å². The standard InChI is InChI=1S/C28H32N8O4S/c1-4-41(38,39)19-11-10-18(29-13-19)12-30-26-28(37)36(21-6-5-7-22(21)40-3)27-20(34-26)14-31-25(35-27)23-16(2)32-15-33-24(23)17-8-9-17/h10-11,13-15,17,21-22H,4-9,12H2,1-3H3,(H,30,34). The van der Waals surface area contributed by atoms with Crippen LogP contribution in [0.25, 0.3) is 22.6 Å². The van der Waals surface area contributed by atoms with E-state index in [9.17, 15) is 13.2 Å². The van der Waals surface area contributed by atoms with Gasteiger partial charge in [0.2, 0.25) is 0 Å². The fourth-order valence-electron chi connectivity index (χ4n) is 5.50. The van der Waals surface area contributed by atoms with Gasteiger partial charge in [0, 0.05) is 19.2 Å². The van der Waals surface area contributed by atoms with Crippen LogP contribution in [0, 0.1) is 6.92 Å². The summed E-state index contributed by atoms with van der Waals surface area (Å²) in [5.74, 6) is 0.987. The van der Waals surface area contributed by atoms with Crippen LogP contribution in [0.3, 0.4) is 0 Å². The lowest BCUT2D eigenvalue weighted by atomic mass is 10.1. The number of rotatable bonds is 9. The van der Waals surface area contributed by atoms with Crippen molar-refractivity contribution < 1.29 is 13.2 Å². The molecule has 2 fully saturated rings. The number of pyridine rings is 1. The number of aromatic nitrogens is 7. The summed E-state index contributed by atoms with van der Waals surface area (Å²) in [5.41, 5.74) is 3.72. The van der Waals surface area contributed by atoms with Crippen molar-refractivity contribution >= 4 is 26.8 Å². The molecule has 4 aromatic rings. The molecule has 4 aromatic heterocycles. The molecule has 0 saturated heterocycles. The van der Waals surface area contributed by atoms with E-state index in [-0.39, 0.29) is 40.7 Å². The molecule has 2 saturated carbocycles. The highest BCUT2D eigenvalue weighted by Crippen LogP contribution is 2.43. The molecule has 2 atom stereocenters. The Balaban J connectivity index is 1.41. The molecule has 1 N–H and O–H groups in total. The van der Waals surface area contributed by atoms with Crippen molar-refractivity contribution in [1.29, 1.82) is 0 Å². The van der Waals surface area contributed by atoms with Crippen LogP contribution in [0.2, 0.25) is 0 Å². The average Bonchev–Trinajstić information content (AvgIpc) is 3.73. The monoisotopic (exact) mass is 576 g/mol. The molecule has 0 amide bonds. The maximum Gasteiger partial charge on any atom is 0.295 e. The molecule has 0 radical (unpaired) electrons. The summed E-state index contributed by atoms with van der Waals surface area (Å²) >= 11 is 0. The molecular weight excluding hydrogens is 544 g/mol. The van der Waals surface area contributed by atoms with E-state index in [1.165, 1.54) is 12.3 Å². The van der Waals surface area contributed by atoms with Crippen LogP contribution in [0.1, 0.15) is 68.1 Å². The second kappa shape index (κ2) is 10.9. The number of anilines is 1. The Hall–Kier alpha value is -3.84. The molecule has 2 unspecified atom stereocenters. The minimum atomic E-state index is -3.35. The maximum atomic E-state index is 14.0. The van der Waals surface area contributed by atoms with Gasteiger partial charge >= 0.3 is 0 Å². The van der Waals surface area contributed by atoms with E-state index >= 15 is 0 Å². The lowest BCUT2D eigenvalue weighted by molar-refractivity contribution is 0.0751. The molecule has 13 heteroatoms. The molecule has 2 aliphatic rings. The molecule has 0 aromatic carbocycles. The Morgan fingerprint density at radius 1 is 1.05 bits per heavy atom. The molecule has 41 heavy (non-hydrogen) atoms. The quantitative estimate of drug-likeness (QED) is 0.312. The summed E-state index contributed by atoms with van der Waals surface area (Å²) in [6, 6.07) is 2.94. The number of nitrogens with one attached hydrogen (secondary N) is 1. The molecule has 0 spiro atoms. The van der Waals surface area contributed by atoms with Gasteiger partial charge in [0.15, 0.2) is 27.1 Å². The van der Waals surface area contributed by atoms with Gasteiger partial charge in [-0.1, -0.05) is 6.92 Å². The number of fused-ring (bicyclic) bond motifs is 1. The van der Waals surface area contributed by atoms with Crippen LogP contribution in [0.4, 0.5) is 5.82 Å². The van der Waals surface area contributed by atoms with Crippen molar-refractivity contribution in [1.82, 2.24) is 34.5 Å². The fraction of sp³-hybridized carbons (Fsp3) is 0.464. The van der Waals surface area contributed by atoms with Crippen molar-refractivity contribution in [3.8, 4) is 11.4 Å². The molecule has 4 heterocycles. The lowest BCUT2D eigenvalue weighted by Gasteiger charge is -2.23. The Morgan fingerprint density at radius 3 is 2.59 bits per heavy atom. The smallest absolute Gasteiger partial charge is 0.295 e. The van der Waals surface area contributed by atoms with E-state index in [1.807, 2.05) is 6.92 Å². The Kier molecular flexibility index (Phi) is 7.24. The van der Waals surface area contributed by atoms with E-state index < -0.39 is 9.84 Å². The van der Waals surface area contributed by atoms with Gasteiger partial charge in [-0.05, 0) is 51.2 Å². The minimum Gasteiger partial charge on any atom is -0.379 e. The third kappa shape index (κ3) is 5.19. The van der Waals surface area contributed by atoms with E-state index in [0.717, 1.165) is 49.1 Å². The predicted molar refractivity (Wildman–Crippen MR) is 152 cm³/mol. The fourth-order valence-corrected chi connectivity index (χ4v) is 6.32. The Labute approximate surface area is 237 Å². The number of hydrogen-bond acceptors (Lipinski definition) is 11. The summed E-state index contributed by atoms with van der Waals surface area (Å²) in [5, 5.41) is 3.11. The Bertz CT molecular complexity index is 1770. The maximum absolute atomic E-state index is 14.0. The first-order chi connectivity index (χ1) is 19.8. The van der Waals surface area contributed by atoms with Crippen molar-refractivity contribution in [2.75, 3.05) is 18.2 Å². The summed E-state index contributed by atoms with van der Waals surface area (Å²) in [4.78, 5) is 41.5. The van der Waals surface area contributed by atoms with E-state index in [1.54, 1.807) is 37.2 Å². The van der Waals surface area contributed by atoms with Crippen LogP contribution in [0.15, 0.2) is 40.5 Å². The van der Waals surface area contributed by atoms with Crippen molar-refractivity contribution in [2.45, 2.75) is 75.5 Å². The lowest BCUT2D eigenvalue weighted by Crippen LogP contribution is -2.33. The SMILES string of the molecule is CCS(=O)(=O)c1ccc(CNc2nc3cnc(-c4c(C)ncnc4C4CC4)nc3n(C3CCCC3OC)c2=O)nc1. The summed E-state index contributed by atoms with van der Waals surface area (Å²) in [7, 11) is -1.68. The van der Waals surface area contributed by atoms with E-state index in [4.69, 9.17) is 9.72 Å². The number of nitrogens with zero attached hydrogens (tertiary/aromatic N) is 7. The number of hydrogen-bond donors (Lipinski definition) is 1. The van der Waals surface area contributed by atoms with Crippen LogP contribution in [0.5, 0.6) is 0 Å². The second-order valence-corrected chi connectivity index (χ2v) is 12.8. The largest absolute Gasteiger partial charge is 0.379 e. The zero-order chi connectivity index (χ0) is 28.7. The van der Waals surface area contributed by atoms with Gasteiger partial charge in [-0.2, -0.15) is 0 Å². The van der Waals surface area contributed by atoms with Gasteiger partial charge in [-0.3, -0.25) is 14.3 Å². The summed E-state index contributed by atoms with van der Waals surface area (Å²) < 4.78 is 31.7. The zero-order valence-corrected chi connectivity index (χ0v) is 24.1. The molecule has 12 nitrogen and oxygen atoms in total. The number of ether oxygens (including phenoxy) is 1. The summed E-state index contributed by atoms with van der Waals surface area (Å²) in [6.07, 6.45) is 9.10. The second-order valence-electron chi connectivity index (χ2n) is 10.5. The molecule has 0 aliphatic heterocycles. The van der Waals surface area contributed by atoms with Crippen molar-refractivity contribution in [3.05, 3.63) is 58.3 Å². The van der Waals surface area contributed by atoms with Crippen LogP contribution in [-0.2, 0) is 21.1 Å². The molecule has 0 bridgehead atoms. The highest BCUT2D eigenvalue weighted by Gasteiger charge is 2.33. The predicted octanol–water partition coefficient (Wildman–Crippen LogP) is 3.37. The first kappa shape index (κ1) is 27.3. The number of aryl methyl sites for hydroxylation is 1. The van der Waals surface area contributed by atoms with Gasteiger partial charge in [-0.25, -0.2) is 33.3 Å². The Morgan fingerprint density at radius 2 is 1.88 bits per heavy atom. The van der Waals surface area contributed by atoms with Gasteiger partial charge in [0.05, 0.1) is 58.2 Å². The molecule has 2 aliphatic carbocycles. The van der Waals surface area contributed by atoms with Crippen molar-refractivity contribution in [2.24, 2.45) is 0 Å². The van der Waals surface area contributed by atoms with Crippen LogP contribution >= 0.6 is 0 Å². The minimum absolute atomic E-state index is 0.000985. The van der Waals surface area contributed by atoms with Gasteiger partial charge < -0.3 is 10.1 Å². The molecule has 6 rings (SSSR count). The normalized spacial score (nSPS) is 19.1. The van der Waals surface area contributed by atoms with E-state index in [0.29, 0.717) is 28.6 Å². The zero-order valence-electron chi connectivity index (χ0n) is 23.2. The highest BCUT2D eigenvalue weighted by atomic mass is 32.2.